The first kappa shape index (κ1) is 11.0. The van der Waals surface area contributed by atoms with Crippen molar-refractivity contribution in [1.29, 1.82) is 0 Å². The molecule has 0 aliphatic rings. The predicted molar refractivity (Wildman–Crippen MR) is 50.6 cm³/mol. The van der Waals surface area contributed by atoms with E-state index in [9.17, 15) is 8.78 Å². The van der Waals surface area contributed by atoms with Gasteiger partial charge in [-0.1, -0.05) is 11.6 Å². The fourth-order valence-corrected chi connectivity index (χ4v) is 1.24. The standard InChI is InChI=1S/C7H3BrCl2F2O/c8-5-3-4(1-2-6(5)9)13-7(10,11)12/h1-3H. The molecular weight excluding hydrogens is 289 g/mol. The summed E-state index contributed by atoms with van der Waals surface area (Å²) in [5, 5.41) is 0.408. The lowest BCUT2D eigenvalue weighted by Crippen LogP contribution is -2.15. The molecule has 1 aromatic carbocycles. The number of ether oxygens (including phenoxy) is 1. The smallest absolute Gasteiger partial charge is 0.420 e. The zero-order valence-corrected chi connectivity index (χ0v) is 9.13. The first-order valence-electron chi connectivity index (χ1n) is 3.09. The second-order valence-corrected chi connectivity index (χ2v) is 3.83. The summed E-state index contributed by atoms with van der Waals surface area (Å²) in [5.74, 6) is -0.0590. The maximum Gasteiger partial charge on any atom is 0.487 e. The Balaban J connectivity index is 2.86. The van der Waals surface area contributed by atoms with Crippen molar-refractivity contribution in [2.75, 3.05) is 0 Å². The Labute approximate surface area is 91.7 Å². The lowest BCUT2D eigenvalue weighted by molar-refractivity contribution is -0.0965. The Morgan fingerprint density at radius 3 is 2.46 bits per heavy atom. The van der Waals surface area contributed by atoms with E-state index in [0.717, 1.165) is 0 Å². The van der Waals surface area contributed by atoms with Gasteiger partial charge in [0.25, 0.3) is 0 Å². The van der Waals surface area contributed by atoms with Crippen LogP contribution in [0.5, 0.6) is 5.75 Å². The molecule has 0 aromatic heterocycles. The molecule has 0 saturated heterocycles. The maximum absolute atomic E-state index is 12.1. The molecule has 0 unspecified atom stereocenters. The summed E-state index contributed by atoms with van der Waals surface area (Å²) >= 11 is 13.2. The van der Waals surface area contributed by atoms with Crippen molar-refractivity contribution >= 4 is 39.1 Å². The summed E-state index contributed by atoms with van der Waals surface area (Å²) in [6.45, 7) is 0. The fraction of sp³-hybridized carbons (Fsp3) is 0.143. The van der Waals surface area contributed by atoms with Crippen molar-refractivity contribution in [3.8, 4) is 5.75 Å². The van der Waals surface area contributed by atoms with E-state index in [1.807, 2.05) is 0 Å². The van der Waals surface area contributed by atoms with Crippen LogP contribution in [0.15, 0.2) is 22.7 Å². The van der Waals surface area contributed by atoms with Crippen molar-refractivity contribution < 1.29 is 13.5 Å². The Kier molecular flexibility index (Phi) is 3.38. The normalized spacial score (nSPS) is 11.5. The van der Waals surface area contributed by atoms with E-state index in [0.29, 0.717) is 9.50 Å². The molecule has 0 atom stereocenters. The number of hydrogen-bond acceptors (Lipinski definition) is 1. The van der Waals surface area contributed by atoms with Crippen molar-refractivity contribution in [3.63, 3.8) is 0 Å². The molecule has 72 valence electrons. The van der Waals surface area contributed by atoms with Crippen LogP contribution in [0.2, 0.25) is 5.02 Å². The van der Waals surface area contributed by atoms with E-state index in [-0.39, 0.29) is 5.75 Å². The van der Waals surface area contributed by atoms with Crippen molar-refractivity contribution in [3.05, 3.63) is 27.7 Å². The van der Waals surface area contributed by atoms with E-state index in [1.165, 1.54) is 18.2 Å². The van der Waals surface area contributed by atoms with Gasteiger partial charge in [-0.25, -0.2) is 0 Å². The largest absolute Gasteiger partial charge is 0.487 e. The first-order valence-corrected chi connectivity index (χ1v) is 4.64. The van der Waals surface area contributed by atoms with Gasteiger partial charge in [0, 0.05) is 16.1 Å². The molecule has 0 saturated carbocycles. The van der Waals surface area contributed by atoms with E-state index in [4.69, 9.17) is 11.6 Å². The van der Waals surface area contributed by atoms with Gasteiger partial charge in [-0.05, 0) is 34.1 Å². The third-order valence-electron chi connectivity index (χ3n) is 1.12. The lowest BCUT2D eigenvalue weighted by Gasteiger charge is -2.10. The molecule has 0 aliphatic carbocycles. The van der Waals surface area contributed by atoms with Crippen LogP contribution in [0.3, 0.4) is 0 Å². The number of rotatable bonds is 2. The van der Waals surface area contributed by atoms with Gasteiger partial charge in [0.1, 0.15) is 5.75 Å². The van der Waals surface area contributed by atoms with Gasteiger partial charge >= 0.3 is 5.57 Å². The molecule has 0 aliphatic heterocycles. The van der Waals surface area contributed by atoms with Crippen LogP contribution >= 0.6 is 39.1 Å². The van der Waals surface area contributed by atoms with Crippen LogP contribution in [0.1, 0.15) is 0 Å². The zero-order chi connectivity index (χ0) is 10.1. The highest BCUT2D eigenvalue weighted by Gasteiger charge is 2.27. The zero-order valence-electron chi connectivity index (χ0n) is 6.03. The van der Waals surface area contributed by atoms with Gasteiger partial charge in [0.15, 0.2) is 0 Å². The van der Waals surface area contributed by atoms with Crippen LogP contribution in [0, 0.1) is 0 Å². The van der Waals surface area contributed by atoms with Crippen molar-refractivity contribution in [2.45, 2.75) is 5.57 Å². The van der Waals surface area contributed by atoms with Gasteiger partial charge in [-0.15, -0.1) is 8.78 Å². The highest BCUT2D eigenvalue weighted by molar-refractivity contribution is 9.10. The van der Waals surface area contributed by atoms with Crippen molar-refractivity contribution in [2.24, 2.45) is 0 Å². The van der Waals surface area contributed by atoms with Gasteiger partial charge in [0.2, 0.25) is 0 Å². The average molecular weight is 292 g/mol. The van der Waals surface area contributed by atoms with Crippen LogP contribution in [0.25, 0.3) is 0 Å². The molecule has 1 aromatic rings. The average Bonchev–Trinajstić information content (AvgIpc) is 1.94. The van der Waals surface area contributed by atoms with Crippen LogP contribution in [0.4, 0.5) is 8.78 Å². The molecule has 1 nitrogen and oxygen atoms in total. The Bertz CT molecular complexity index is 314. The maximum atomic E-state index is 12.1. The third kappa shape index (κ3) is 3.67. The summed E-state index contributed by atoms with van der Waals surface area (Å²) in [6.07, 6.45) is 0. The second-order valence-electron chi connectivity index (χ2n) is 2.12. The minimum Gasteiger partial charge on any atom is -0.420 e. The first-order chi connectivity index (χ1) is 5.88. The topological polar surface area (TPSA) is 9.23 Å². The molecule has 0 heterocycles. The summed E-state index contributed by atoms with van der Waals surface area (Å²) in [6, 6.07) is 4.02. The predicted octanol–water partition coefficient (Wildman–Crippen LogP) is 4.27. The molecule has 0 bridgehead atoms. The third-order valence-corrected chi connectivity index (χ3v) is 2.42. The fourth-order valence-electron chi connectivity index (χ4n) is 0.674. The highest BCUT2D eigenvalue weighted by atomic mass is 79.9. The van der Waals surface area contributed by atoms with Crippen LogP contribution < -0.4 is 4.74 Å². The molecule has 6 heteroatoms. The Morgan fingerprint density at radius 2 is 2.00 bits per heavy atom. The Hall–Kier alpha value is -0.0600. The molecule has 1 rings (SSSR count). The van der Waals surface area contributed by atoms with E-state index >= 15 is 0 Å². The summed E-state index contributed by atoms with van der Waals surface area (Å²) in [5.41, 5.74) is -3.70. The van der Waals surface area contributed by atoms with E-state index in [1.54, 1.807) is 0 Å². The molecule has 13 heavy (non-hydrogen) atoms. The second kappa shape index (κ2) is 3.98. The number of benzene rings is 1. The van der Waals surface area contributed by atoms with Gasteiger partial charge in [-0.3, -0.25) is 0 Å². The SMILES string of the molecule is FC(F)(Cl)Oc1ccc(Cl)c(Br)c1. The van der Waals surface area contributed by atoms with Gasteiger partial charge in [0.05, 0.1) is 5.02 Å². The molecule has 0 radical (unpaired) electrons. The Morgan fingerprint density at radius 1 is 1.38 bits per heavy atom. The van der Waals surface area contributed by atoms with Gasteiger partial charge < -0.3 is 4.74 Å². The van der Waals surface area contributed by atoms with Crippen molar-refractivity contribution in [1.82, 2.24) is 0 Å². The molecular formula is C7H3BrCl2F2O. The lowest BCUT2D eigenvalue weighted by atomic mass is 10.3. The summed E-state index contributed by atoms with van der Waals surface area (Å²) in [4.78, 5) is 0. The summed E-state index contributed by atoms with van der Waals surface area (Å²) < 4.78 is 28.8. The van der Waals surface area contributed by atoms with Crippen LogP contribution in [-0.2, 0) is 0 Å². The summed E-state index contributed by atoms with van der Waals surface area (Å²) in [7, 11) is 0. The monoisotopic (exact) mass is 290 g/mol. The van der Waals surface area contributed by atoms with E-state index in [2.05, 4.69) is 32.3 Å². The molecule has 0 N–H and O–H groups in total. The molecule has 0 fully saturated rings. The minimum absolute atomic E-state index is 0.0590. The van der Waals surface area contributed by atoms with E-state index < -0.39 is 5.57 Å². The molecule has 0 spiro atoms. The van der Waals surface area contributed by atoms with Crippen LogP contribution in [-0.4, -0.2) is 5.57 Å². The minimum atomic E-state index is -3.70. The highest BCUT2D eigenvalue weighted by Crippen LogP contribution is 2.30. The quantitative estimate of drug-likeness (QED) is 0.740. The van der Waals surface area contributed by atoms with Gasteiger partial charge in [-0.2, -0.15) is 0 Å². The number of alkyl halides is 3. The number of halogens is 5. The number of hydrogen-bond donors (Lipinski definition) is 0. The molecule has 0 amide bonds.